The molecule has 0 fully saturated rings. The molecule has 11 rings (SSSR count). The first-order valence-corrected chi connectivity index (χ1v) is 25.0. The summed E-state index contributed by atoms with van der Waals surface area (Å²) in [5.74, 6) is 2.80. The van der Waals surface area contributed by atoms with Gasteiger partial charge in [0.05, 0.1) is 52.9 Å². The Bertz CT molecular complexity index is 2310. The van der Waals surface area contributed by atoms with Gasteiger partial charge in [0.15, 0.2) is 23.0 Å². The Morgan fingerprint density at radius 3 is 1.07 bits per heavy atom. The molecular weight excluding hydrogens is 873 g/mol. The molecule has 5 aliphatic rings. The van der Waals surface area contributed by atoms with Crippen LogP contribution in [0.1, 0.15) is 9.75 Å². The summed E-state index contributed by atoms with van der Waals surface area (Å²) >= 11 is 11.8. The van der Waals surface area contributed by atoms with Gasteiger partial charge in [0.1, 0.15) is 34.6 Å². The minimum atomic E-state index is -0.370. The van der Waals surface area contributed by atoms with Crippen LogP contribution < -0.4 is 18.9 Å². The summed E-state index contributed by atoms with van der Waals surface area (Å²) in [6, 6.07) is 30.6. The van der Waals surface area contributed by atoms with Crippen LogP contribution in [0.15, 0.2) is 115 Å². The Kier molecular flexibility index (Phi) is 11.3. The molecule has 0 unspecified atom stereocenters. The first-order chi connectivity index (χ1) is 29.7. The van der Waals surface area contributed by atoms with E-state index in [4.69, 9.17) is 37.9 Å². The van der Waals surface area contributed by atoms with E-state index in [0.717, 1.165) is 11.1 Å². The molecule has 8 nitrogen and oxygen atoms in total. The molecule has 6 heterocycles. The van der Waals surface area contributed by atoms with Crippen LogP contribution in [0, 0.1) is 0 Å². The first-order valence-electron chi connectivity index (χ1n) is 20.0. The van der Waals surface area contributed by atoms with Crippen LogP contribution in [0.4, 0.5) is 0 Å². The third kappa shape index (κ3) is 7.04. The van der Waals surface area contributed by atoms with Crippen LogP contribution in [-0.2, 0) is 27.1 Å². The van der Waals surface area contributed by atoms with Crippen molar-refractivity contribution in [2.45, 2.75) is 27.7 Å². The fourth-order valence-electron chi connectivity index (χ4n) is 8.07. The highest BCUT2D eigenvalue weighted by molar-refractivity contribution is 8.26. The van der Waals surface area contributed by atoms with Crippen molar-refractivity contribution in [1.29, 1.82) is 0 Å². The lowest BCUT2D eigenvalue weighted by Gasteiger charge is -2.46. The highest BCUT2D eigenvalue weighted by atomic mass is 32.2. The van der Waals surface area contributed by atoms with Gasteiger partial charge in [-0.25, -0.2) is 0 Å². The number of hydrogen-bond acceptors (Lipinski definition) is 14. The highest BCUT2D eigenvalue weighted by Gasteiger charge is 2.67. The van der Waals surface area contributed by atoms with E-state index in [1.54, 1.807) is 0 Å². The molecule has 308 valence electrons. The maximum absolute atomic E-state index is 6.40. The van der Waals surface area contributed by atoms with Crippen LogP contribution in [0.2, 0.25) is 0 Å². The van der Waals surface area contributed by atoms with Crippen LogP contribution in [-0.4, -0.2) is 79.3 Å². The van der Waals surface area contributed by atoms with Crippen molar-refractivity contribution in [2.75, 3.05) is 79.3 Å². The molecule has 0 N–H and O–H groups in total. The number of rotatable bonds is 2. The molecule has 4 aliphatic heterocycles. The van der Waals surface area contributed by atoms with Crippen LogP contribution in [0.3, 0.4) is 0 Å². The van der Waals surface area contributed by atoms with Gasteiger partial charge in [0.25, 0.3) is 0 Å². The van der Waals surface area contributed by atoms with E-state index in [-0.39, 0.29) is 8.16 Å². The van der Waals surface area contributed by atoms with E-state index in [0.29, 0.717) is 102 Å². The average Bonchev–Trinajstić information content (AvgIpc) is 4.07. The Morgan fingerprint density at radius 1 is 0.367 bits per heavy atom. The van der Waals surface area contributed by atoms with Crippen molar-refractivity contribution in [3.8, 4) is 56.4 Å². The zero-order chi connectivity index (χ0) is 39.9. The van der Waals surface area contributed by atoms with E-state index in [9.17, 15) is 0 Å². The number of thiophene rings is 2. The quantitative estimate of drug-likeness (QED) is 0.166. The maximum Gasteiger partial charge on any atom is 0.161 e. The Hall–Kier alpha value is -3.28. The van der Waals surface area contributed by atoms with Gasteiger partial charge >= 0.3 is 0 Å². The number of ether oxygens (including phenoxy) is 8. The second kappa shape index (κ2) is 17.1. The van der Waals surface area contributed by atoms with Crippen molar-refractivity contribution in [3.05, 3.63) is 105 Å². The summed E-state index contributed by atoms with van der Waals surface area (Å²) in [5, 5.41) is 4.73. The molecule has 0 radical (unpaired) electrons. The largest absolute Gasteiger partial charge is 0.487 e. The third-order valence-corrected chi connectivity index (χ3v) is 20.8. The lowest BCUT2D eigenvalue weighted by Crippen LogP contribution is -2.39. The molecular formula is C46H40O8S6. The number of hydrogen-bond donors (Lipinski definition) is 0. The SMILES string of the molecule is c1ccc2c(c1)SC1(S2)c2scc(-c3ccc4c(c3)OCCOCCOCCO4)c2-c2c(-c3ccc4c(c3)OCCOCCOCCO4)csc2C12Sc1ccccc1S2. The molecule has 1 aliphatic carbocycles. The average molecular weight is 913 g/mol. The van der Waals surface area contributed by atoms with Crippen molar-refractivity contribution in [3.63, 3.8) is 0 Å². The minimum Gasteiger partial charge on any atom is -0.487 e. The summed E-state index contributed by atoms with van der Waals surface area (Å²) in [6.07, 6.45) is 0. The molecule has 6 aromatic rings. The summed E-state index contributed by atoms with van der Waals surface area (Å²) in [7, 11) is 0. The normalized spacial score (nSPS) is 19.5. The van der Waals surface area contributed by atoms with Crippen LogP contribution in [0.5, 0.6) is 23.0 Å². The van der Waals surface area contributed by atoms with Gasteiger partial charge in [-0.05, 0) is 70.4 Å². The predicted octanol–water partition coefficient (Wildman–Crippen LogP) is 11.5. The van der Waals surface area contributed by atoms with Gasteiger partial charge in [-0.1, -0.05) is 83.4 Å². The van der Waals surface area contributed by atoms with Crippen molar-refractivity contribution in [1.82, 2.24) is 0 Å². The standard InChI is InChI=1S/C46H40O8S6/c1-2-6-38-37(5-1)57-45(58-38)43-41(31(27-55-43)29-9-11-33-35(25-29)53-23-19-49-15-13-47-17-21-51-33)42-32(28-56-44(42)46(45)59-39-7-3-4-8-40(39)60-46)30-10-12-34-36(26-30)54-24-20-50-16-14-48-18-22-52-34/h1-12,25-28H,13-24H2. The summed E-state index contributed by atoms with van der Waals surface area (Å²) in [4.78, 5) is 8.02. The topological polar surface area (TPSA) is 73.8 Å². The Morgan fingerprint density at radius 2 is 0.700 bits per heavy atom. The molecule has 0 atom stereocenters. The summed E-state index contributed by atoms with van der Waals surface area (Å²) in [5.41, 5.74) is 7.03. The zero-order valence-corrected chi connectivity index (χ0v) is 37.3. The number of thioether (sulfide) groups is 4. The monoisotopic (exact) mass is 912 g/mol. The smallest absolute Gasteiger partial charge is 0.161 e. The molecule has 14 heteroatoms. The Labute approximate surface area is 373 Å². The molecule has 60 heavy (non-hydrogen) atoms. The summed E-state index contributed by atoms with van der Waals surface area (Å²) < 4.78 is 47.5. The fraction of sp³-hybridized carbons (Fsp3) is 0.304. The molecule has 0 saturated heterocycles. The van der Waals surface area contributed by atoms with E-state index < -0.39 is 0 Å². The van der Waals surface area contributed by atoms with Gasteiger partial charge < -0.3 is 37.9 Å². The fourth-order valence-corrected chi connectivity index (χ4v) is 18.8. The lowest BCUT2D eigenvalue weighted by atomic mass is 9.86. The lowest BCUT2D eigenvalue weighted by molar-refractivity contribution is 0.0223. The summed E-state index contributed by atoms with van der Waals surface area (Å²) in [6.45, 7) is 5.71. The highest BCUT2D eigenvalue weighted by Crippen LogP contribution is 2.84. The Balaban J connectivity index is 1.10. The van der Waals surface area contributed by atoms with Crippen LogP contribution in [0.25, 0.3) is 33.4 Å². The molecule has 0 bridgehead atoms. The van der Waals surface area contributed by atoms with Gasteiger partial charge in [-0.2, -0.15) is 0 Å². The van der Waals surface area contributed by atoms with E-state index in [2.05, 4.69) is 83.6 Å². The zero-order valence-electron chi connectivity index (χ0n) is 32.4. The molecule has 4 aromatic carbocycles. The van der Waals surface area contributed by atoms with Crippen molar-refractivity contribution >= 4 is 69.7 Å². The minimum absolute atomic E-state index is 0.370. The van der Waals surface area contributed by atoms with Crippen molar-refractivity contribution in [2.24, 2.45) is 0 Å². The van der Waals surface area contributed by atoms with E-state index >= 15 is 0 Å². The second-order valence-corrected chi connectivity index (χ2v) is 21.7. The van der Waals surface area contributed by atoms with E-state index in [1.165, 1.54) is 51.6 Å². The molecule has 2 aromatic heterocycles. The second-order valence-electron chi connectivity index (χ2n) is 14.4. The van der Waals surface area contributed by atoms with Crippen LogP contribution >= 0.6 is 69.7 Å². The van der Waals surface area contributed by atoms with Gasteiger partial charge in [0, 0.05) is 51.6 Å². The molecule has 2 spiro atoms. The van der Waals surface area contributed by atoms with Gasteiger partial charge in [-0.3, -0.25) is 0 Å². The van der Waals surface area contributed by atoms with Gasteiger partial charge in [-0.15, -0.1) is 22.7 Å². The van der Waals surface area contributed by atoms with E-state index in [1.807, 2.05) is 81.9 Å². The predicted molar refractivity (Wildman–Crippen MR) is 243 cm³/mol. The number of fused-ring (bicyclic) bond motifs is 10. The molecule has 0 saturated carbocycles. The third-order valence-electron chi connectivity index (χ3n) is 10.8. The van der Waals surface area contributed by atoms with Crippen molar-refractivity contribution < 1.29 is 37.9 Å². The maximum atomic E-state index is 6.40. The molecule has 0 amide bonds. The first kappa shape index (κ1) is 39.6. The van der Waals surface area contributed by atoms with Gasteiger partial charge in [0.2, 0.25) is 0 Å². The number of benzene rings is 4.